The molecule has 10 rings (SSSR count). The number of nitrogens with zero attached hydrogens (tertiary/aromatic N) is 3. The average Bonchev–Trinajstić information content (AvgIpc) is 3.43. The summed E-state index contributed by atoms with van der Waals surface area (Å²) in [4.78, 5) is 54.1. The van der Waals surface area contributed by atoms with Gasteiger partial charge in [0.15, 0.2) is 12.3 Å². The molecule has 0 radical (unpaired) electrons. The second kappa shape index (κ2) is 6.98. The molecule has 1 aliphatic heterocycles. The molecule has 6 fully saturated rings. The fourth-order valence-electron chi connectivity index (χ4n) is 9.69. The topological polar surface area (TPSA) is 156 Å². The molecule has 3 heterocycles. The van der Waals surface area contributed by atoms with Crippen LogP contribution < -0.4 is 26.0 Å². The fourth-order valence-corrected chi connectivity index (χ4v) is 9.69. The third kappa shape index (κ3) is 2.32. The van der Waals surface area contributed by atoms with Crippen LogP contribution in [-0.4, -0.2) is 56.9 Å². The number of nitrogens with one attached hydrogen (secondary N) is 4. The van der Waals surface area contributed by atoms with E-state index in [0.29, 0.717) is 59.1 Å². The standard InChI is InChI=1S/C28H25N7O5/c1-11(36)34-28-22-19-23(28)21-24(28)20(22)27(19,21)10-30-26(39)15-7-14(32-17-4-5-31-35(15)17)25(38)29-8-12-2-3-16-13(6-12)33-18(37)9-40-16/h2-7,19-24H,8-10H2,1H3,(H,29,38)(H,30,39)(H,33,37)(H,34,36). The molecule has 0 saturated heterocycles. The summed E-state index contributed by atoms with van der Waals surface area (Å²) in [5.41, 5.74) is 2.36. The predicted octanol–water partition coefficient (Wildman–Crippen LogP) is 0.347. The van der Waals surface area contributed by atoms with Gasteiger partial charge in [-0.05, 0) is 58.6 Å². The van der Waals surface area contributed by atoms with E-state index in [4.69, 9.17) is 4.74 Å². The van der Waals surface area contributed by atoms with Crippen molar-refractivity contribution in [2.45, 2.75) is 19.0 Å². The number of fused-ring (bicyclic) bond motifs is 2. The summed E-state index contributed by atoms with van der Waals surface area (Å²) in [7, 11) is 0. The van der Waals surface area contributed by atoms with Crippen molar-refractivity contribution in [1.29, 1.82) is 0 Å². The maximum absolute atomic E-state index is 13.4. The highest BCUT2D eigenvalue weighted by Gasteiger charge is 3.09. The van der Waals surface area contributed by atoms with Crippen molar-refractivity contribution in [3.63, 3.8) is 0 Å². The zero-order valence-electron chi connectivity index (χ0n) is 21.4. The lowest BCUT2D eigenvalue weighted by Crippen LogP contribution is -3.15. The van der Waals surface area contributed by atoms with Crippen LogP contribution in [0.3, 0.4) is 0 Å². The van der Waals surface area contributed by atoms with E-state index in [1.54, 1.807) is 31.3 Å². The molecular weight excluding hydrogens is 514 g/mol. The normalized spacial score (nSPS) is 35.7. The summed E-state index contributed by atoms with van der Waals surface area (Å²) in [6, 6.07) is 8.43. The number of ether oxygens (including phenoxy) is 1. The summed E-state index contributed by atoms with van der Waals surface area (Å²) in [6.45, 7) is 2.38. The predicted molar refractivity (Wildman–Crippen MR) is 137 cm³/mol. The van der Waals surface area contributed by atoms with Crippen molar-refractivity contribution in [3.8, 4) is 5.75 Å². The molecule has 4 amide bonds. The Morgan fingerprint density at radius 3 is 2.58 bits per heavy atom. The van der Waals surface area contributed by atoms with Crippen LogP contribution in [0.15, 0.2) is 36.5 Å². The number of carbonyl (C=O) groups excluding carboxylic acids is 4. The Balaban J connectivity index is 0.893. The van der Waals surface area contributed by atoms with Gasteiger partial charge in [0.05, 0.1) is 17.4 Å². The second-order valence-electron chi connectivity index (χ2n) is 12.0. The lowest BCUT2D eigenvalue weighted by Gasteiger charge is -3.11. The molecule has 0 bridgehead atoms. The first-order valence-corrected chi connectivity index (χ1v) is 13.6. The summed E-state index contributed by atoms with van der Waals surface area (Å²) in [5.74, 6) is 3.25. The number of aromatic nitrogens is 3. The van der Waals surface area contributed by atoms with Crippen molar-refractivity contribution in [2.24, 2.45) is 40.9 Å². The van der Waals surface area contributed by atoms with Crippen LogP contribution in [0.4, 0.5) is 5.69 Å². The van der Waals surface area contributed by atoms with E-state index in [9.17, 15) is 19.2 Å². The van der Waals surface area contributed by atoms with Crippen LogP contribution in [0.25, 0.3) is 5.65 Å². The molecule has 0 spiro atoms. The first-order valence-electron chi connectivity index (χ1n) is 13.6. The van der Waals surface area contributed by atoms with Gasteiger partial charge in [0.1, 0.15) is 17.1 Å². The summed E-state index contributed by atoms with van der Waals surface area (Å²) < 4.78 is 6.83. The number of hydrogen-bond donors (Lipinski definition) is 4. The molecule has 40 heavy (non-hydrogen) atoms. The molecule has 7 aliphatic rings. The molecule has 12 nitrogen and oxygen atoms in total. The largest absolute Gasteiger partial charge is 0.482 e. The minimum absolute atomic E-state index is 0.0225. The van der Waals surface area contributed by atoms with Crippen LogP contribution >= 0.6 is 0 Å². The van der Waals surface area contributed by atoms with E-state index in [0.717, 1.165) is 5.56 Å². The van der Waals surface area contributed by atoms with E-state index in [1.807, 2.05) is 6.07 Å². The Morgan fingerprint density at radius 2 is 1.82 bits per heavy atom. The Labute approximate surface area is 227 Å². The molecule has 12 heteroatoms. The number of carbonyl (C=O) groups is 4. The zero-order chi connectivity index (χ0) is 27.1. The molecule has 6 aliphatic carbocycles. The van der Waals surface area contributed by atoms with Crippen molar-refractivity contribution >= 4 is 35.0 Å². The van der Waals surface area contributed by atoms with Crippen molar-refractivity contribution in [2.75, 3.05) is 18.5 Å². The summed E-state index contributed by atoms with van der Waals surface area (Å²) in [5, 5.41) is 16.2. The summed E-state index contributed by atoms with van der Waals surface area (Å²) in [6.07, 6.45) is 1.55. The maximum Gasteiger partial charge on any atom is 0.270 e. The van der Waals surface area contributed by atoms with E-state index in [2.05, 4.69) is 31.3 Å². The number of hydrogen-bond acceptors (Lipinski definition) is 7. The van der Waals surface area contributed by atoms with Gasteiger partial charge in [-0.2, -0.15) is 5.10 Å². The number of rotatable bonds is 7. The average molecular weight is 540 g/mol. The Bertz CT molecular complexity index is 1680. The SMILES string of the molecule is CC(=O)NC12C3C4C1C1C2C3C41CNC(=O)c1cc(C(=O)NCc2ccc3c(c2)NC(=O)CO3)nc2ccnn12. The van der Waals surface area contributed by atoms with E-state index in [1.165, 1.54) is 10.6 Å². The third-order valence-corrected chi connectivity index (χ3v) is 10.7. The highest BCUT2D eigenvalue weighted by molar-refractivity contribution is 5.98. The van der Waals surface area contributed by atoms with Crippen molar-refractivity contribution in [1.82, 2.24) is 30.5 Å². The first kappa shape index (κ1) is 22.3. The van der Waals surface area contributed by atoms with Gasteiger partial charge < -0.3 is 26.0 Å². The van der Waals surface area contributed by atoms with E-state index >= 15 is 0 Å². The lowest BCUT2D eigenvalue weighted by molar-refractivity contribution is -0.622. The van der Waals surface area contributed by atoms with Crippen LogP contribution in [-0.2, 0) is 16.1 Å². The lowest BCUT2D eigenvalue weighted by atomic mass is 8.94. The highest BCUT2D eigenvalue weighted by atomic mass is 16.5. The molecular formula is C28H25N7O5. The van der Waals surface area contributed by atoms with Crippen molar-refractivity contribution in [3.05, 3.63) is 53.5 Å². The molecule has 3 aromatic rings. The van der Waals surface area contributed by atoms with Gasteiger partial charge in [-0.1, -0.05) is 6.07 Å². The molecule has 4 N–H and O–H groups in total. The molecule has 2 aromatic heterocycles. The van der Waals surface area contributed by atoms with Crippen LogP contribution in [0.5, 0.6) is 5.75 Å². The molecule has 6 saturated carbocycles. The molecule has 0 atom stereocenters. The van der Waals surface area contributed by atoms with Gasteiger partial charge >= 0.3 is 0 Å². The van der Waals surface area contributed by atoms with E-state index in [-0.39, 0.29) is 53.2 Å². The Morgan fingerprint density at radius 1 is 1.05 bits per heavy atom. The Hall–Kier alpha value is -4.48. The van der Waals surface area contributed by atoms with E-state index < -0.39 is 5.91 Å². The number of amides is 4. The Kier molecular flexibility index (Phi) is 3.90. The maximum atomic E-state index is 13.4. The minimum atomic E-state index is -0.430. The molecule has 202 valence electrons. The van der Waals surface area contributed by atoms with Crippen LogP contribution in [0.2, 0.25) is 0 Å². The quantitative estimate of drug-likeness (QED) is 0.338. The third-order valence-electron chi connectivity index (χ3n) is 10.7. The van der Waals surface area contributed by atoms with Crippen LogP contribution in [0.1, 0.15) is 33.5 Å². The monoisotopic (exact) mass is 539 g/mol. The van der Waals surface area contributed by atoms with Gasteiger partial charge in [0, 0.05) is 32.1 Å². The van der Waals surface area contributed by atoms with Gasteiger partial charge in [0.2, 0.25) is 5.91 Å². The van der Waals surface area contributed by atoms with Gasteiger partial charge in [-0.3, -0.25) is 19.2 Å². The van der Waals surface area contributed by atoms with Gasteiger partial charge in [-0.15, -0.1) is 0 Å². The second-order valence-corrected chi connectivity index (χ2v) is 12.0. The van der Waals surface area contributed by atoms with Crippen LogP contribution in [0, 0.1) is 40.9 Å². The smallest absolute Gasteiger partial charge is 0.270 e. The number of benzene rings is 1. The highest BCUT2D eigenvalue weighted by Crippen LogP contribution is 3.06. The molecule has 1 aromatic carbocycles. The van der Waals surface area contributed by atoms with Gasteiger partial charge in [0.25, 0.3) is 17.7 Å². The zero-order valence-corrected chi connectivity index (χ0v) is 21.4. The van der Waals surface area contributed by atoms with Gasteiger partial charge in [-0.25, -0.2) is 9.50 Å². The fraction of sp³-hybridized carbons (Fsp3) is 0.429. The van der Waals surface area contributed by atoms with Crippen molar-refractivity contribution < 1.29 is 23.9 Å². The number of anilines is 1. The first-order chi connectivity index (χ1) is 19.3. The minimum Gasteiger partial charge on any atom is -0.482 e. The summed E-state index contributed by atoms with van der Waals surface area (Å²) >= 11 is 0. The molecule has 0 unspecified atom stereocenters.